The minimum absolute atomic E-state index is 0.161. The minimum Gasteiger partial charge on any atom is -0.342 e. The van der Waals surface area contributed by atoms with Crippen LogP contribution in [-0.2, 0) is 18.4 Å². The van der Waals surface area contributed by atoms with Crippen LogP contribution in [0.3, 0.4) is 0 Å². The molecule has 3 rings (SSSR count). The van der Waals surface area contributed by atoms with Gasteiger partial charge in [0.2, 0.25) is 11.6 Å². The molecule has 27 heavy (non-hydrogen) atoms. The third-order valence-corrected chi connectivity index (χ3v) is 5.21. The Morgan fingerprint density at radius 3 is 2.48 bits per heavy atom. The molecule has 0 unspecified atom stereocenters. The van der Waals surface area contributed by atoms with Crippen molar-refractivity contribution < 1.29 is 9.36 Å². The van der Waals surface area contributed by atoms with Gasteiger partial charge in [0.25, 0.3) is 0 Å². The number of likely N-dealkylation sites (N-methyl/N-ethyl adjacent to an activating group) is 1. The summed E-state index contributed by atoms with van der Waals surface area (Å²) in [6.45, 7) is 8.00. The Morgan fingerprint density at radius 2 is 1.78 bits per heavy atom. The van der Waals surface area contributed by atoms with Gasteiger partial charge in [0.15, 0.2) is 6.20 Å². The molecule has 0 N–H and O–H groups in total. The average molecular weight is 362 g/mol. The van der Waals surface area contributed by atoms with Crippen LogP contribution in [0.4, 0.5) is 0 Å². The van der Waals surface area contributed by atoms with Gasteiger partial charge in [0.1, 0.15) is 13.6 Å². The van der Waals surface area contributed by atoms with E-state index >= 15 is 0 Å². The summed E-state index contributed by atoms with van der Waals surface area (Å²) in [7, 11) is 2.04. The van der Waals surface area contributed by atoms with Crippen molar-refractivity contribution in [3.8, 4) is 0 Å². The van der Waals surface area contributed by atoms with Gasteiger partial charge in [-0.2, -0.15) is 0 Å². The Balaban J connectivity index is 2.03. The number of aryl methyl sites for hydroxylation is 1. The summed E-state index contributed by atoms with van der Waals surface area (Å²) in [6, 6.07) is 14.5. The van der Waals surface area contributed by atoms with E-state index in [4.69, 9.17) is 0 Å². The first-order valence-corrected chi connectivity index (χ1v) is 9.55. The van der Waals surface area contributed by atoms with Gasteiger partial charge in [-0.3, -0.25) is 4.79 Å². The summed E-state index contributed by atoms with van der Waals surface area (Å²) in [5, 5.41) is 1.18. The van der Waals surface area contributed by atoms with Gasteiger partial charge in [-0.05, 0) is 39.0 Å². The lowest BCUT2D eigenvalue weighted by Gasteiger charge is -2.20. The van der Waals surface area contributed by atoms with Gasteiger partial charge in [-0.15, -0.1) is 0 Å². The van der Waals surface area contributed by atoms with E-state index in [1.165, 1.54) is 10.9 Å². The second-order valence-electron chi connectivity index (χ2n) is 6.74. The fourth-order valence-corrected chi connectivity index (χ4v) is 3.56. The van der Waals surface area contributed by atoms with E-state index in [0.29, 0.717) is 6.54 Å². The van der Waals surface area contributed by atoms with Crippen LogP contribution in [0.25, 0.3) is 23.1 Å². The van der Waals surface area contributed by atoms with Crippen molar-refractivity contribution in [2.24, 2.45) is 7.05 Å². The molecule has 0 bridgehead atoms. The predicted molar refractivity (Wildman–Crippen MR) is 111 cm³/mol. The molecule has 140 valence electrons. The standard InChI is InChI=1S/C23H28N3O/c1-5-25(6-2)23(27)17-26-18(3)20(21-12-7-8-13-22(21)26)15-14-19-11-9-10-16-24(19)4/h7-16H,5-6,17H2,1-4H3/q+1. The Hall–Kier alpha value is -2.88. The minimum atomic E-state index is 0.161. The number of aromatic nitrogens is 2. The van der Waals surface area contributed by atoms with Crippen LogP contribution < -0.4 is 4.57 Å². The average Bonchev–Trinajstić information content (AvgIpc) is 2.94. The highest BCUT2D eigenvalue weighted by atomic mass is 16.2. The van der Waals surface area contributed by atoms with Crippen LogP contribution in [-0.4, -0.2) is 28.5 Å². The first-order valence-electron chi connectivity index (χ1n) is 9.55. The third kappa shape index (κ3) is 3.80. The first-order chi connectivity index (χ1) is 13.1. The predicted octanol–water partition coefficient (Wildman–Crippen LogP) is 3.81. The van der Waals surface area contributed by atoms with Crippen LogP contribution >= 0.6 is 0 Å². The monoisotopic (exact) mass is 362 g/mol. The zero-order chi connectivity index (χ0) is 19.4. The smallest absolute Gasteiger partial charge is 0.242 e. The Morgan fingerprint density at radius 1 is 1.07 bits per heavy atom. The molecule has 2 aromatic heterocycles. The highest BCUT2D eigenvalue weighted by molar-refractivity contribution is 5.94. The van der Waals surface area contributed by atoms with E-state index in [1.54, 1.807) is 0 Å². The van der Waals surface area contributed by atoms with Crippen molar-refractivity contribution >= 4 is 29.0 Å². The molecule has 1 amide bonds. The van der Waals surface area contributed by atoms with Crippen LogP contribution in [0.5, 0.6) is 0 Å². The summed E-state index contributed by atoms with van der Waals surface area (Å²) in [6.07, 6.45) is 6.33. The van der Waals surface area contributed by atoms with Gasteiger partial charge in [-0.25, -0.2) is 4.57 Å². The topological polar surface area (TPSA) is 29.1 Å². The summed E-state index contributed by atoms with van der Waals surface area (Å²) in [5.74, 6) is 0.161. The van der Waals surface area contributed by atoms with Crippen molar-refractivity contribution in [1.29, 1.82) is 0 Å². The lowest BCUT2D eigenvalue weighted by atomic mass is 10.1. The lowest BCUT2D eigenvalue weighted by molar-refractivity contribution is -0.673. The molecule has 1 aromatic carbocycles. The summed E-state index contributed by atoms with van der Waals surface area (Å²) in [4.78, 5) is 14.6. The van der Waals surface area contributed by atoms with Gasteiger partial charge >= 0.3 is 0 Å². The van der Waals surface area contributed by atoms with E-state index in [9.17, 15) is 4.79 Å². The van der Waals surface area contributed by atoms with Crippen LogP contribution in [0.15, 0.2) is 48.7 Å². The van der Waals surface area contributed by atoms with Crippen molar-refractivity contribution in [2.45, 2.75) is 27.3 Å². The Labute approximate surface area is 161 Å². The maximum absolute atomic E-state index is 12.7. The van der Waals surface area contributed by atoms with Gasteiger partial charge in [-0.1, -0.05) is 18.2 Å². The molecule has 0 atom stereocenters. The number of nitrogens with zero attached hydrogens (tertiary/aromatic N) is 3. The number of hydrogen-bond donors (Lipinski definition) is 0. The molecule has 0 aliphatic carbocycles. The fourth-order valence-electron chi connectivity index (χ4n) is 3.56. The molecular weight excluding hydrogens is 334 g/mol. The Bertz CT molecular complexity index is 980. The number of para-hydroxylation sites is 1. The normalized spacial score (nSPS) is 11.4. The molecule has 0 saturated heterocycles. The maximum Gasteiger partial charge on any atom is 0.242 e. The van der Waals surface area contributed by atoms with Crippen LogP contribution in [0.1, 0.15) is 30.8 Å². The van der Waals surface area contributed by atoms with E-state index in [-0.39, 0.29) is 5.91 Å². The Kier molecular flexibility index (Phi) is 5.75. The summed E-state index contributed by atoms with van der Waals surface area (Å²) in [5.41, 5.74) is 4.52. The number of fused-ring (bicyclic) bond motifs is 1. The van der Waals surface area contributed by atoms with Crippen LogP contribution in [0, 0.1) is 6.92 Å². The highest BCUT2D eigenvalue weighted by Gasteiger charge is 2.17. The molecule has 4 nitrogen and oxygen atoms in total. The highest BCUT2D eigenvalue weighted by Crippen LogP contribution is 2.27. The number of pyridine rings is 1. The summed E-state index contributed by atoms with van der Waals surface area (Å²) < 4.78 is 4.23. The van der Waals surface area contributed by atoms with Crippen molar-refractivity contribution in [2.75, 3.05) is 13.1 Å². The molecular formula is C23H28N3O+. The fraction of sp³-hybridized carbons (Fsp3) is 0.304. The second-order valence-corrected chi connectivity index (χ2v) is 6.74. The molecule has 0 spiro atoms. The third-order valence-electron chi connectivity index (χ3n) is 5.21. The molecule has 0 aliphatic heterocycles. The number of amides is 1. The molecule has 0 aliphatic rings. The van der Waals surface area contributed by atoms with Crippen molar-refractivity contribution in [3.63, 3.8) is 0 Å². The quantitative estimate of drug-likeness (QED) is 0.613. The van der Waals surface area contributed by atoms with Gasteiger partial charge in [0.05, 0.1) is 0 Å². The molecule has 2 heterocycles. The van der Waals surface area contributed by atoms with Crippen LogP contribution in [0.2, 0.25) is 0 Å². The number of benzene rings is 1. The molecule has 4 heteroatoms. The zero-order valence-electron chi connectivity index (χ0n) is 16.6. The number of carbonyl (C=O) groups excluding carboxylic acids is 1. The second kappa shape index (κ2) is 8.21. The largest absolute Gasteiger partial charge is 0.342 e. The van der Waals surface area contributed by atoms with E-state index in [1.807, 2.05) is 50.2 Å². The summed E-state index contributed by atoms with van der Waals surface area (Å²) >= 11 is 0. The van der Waals surface area contributed by atoms with Crippen molar-refractivity contribution in [3.05, 3.63) is 65.6 Å². The van der Waals surface area contributed by atoms with Crippen molar-refractivity contribution in [1.82, 2.24) is 9.47 Å². The number of rotatable bonds is 6. The number of carbonyl (C=O) groups is 1. The maximum atomic E-state index is 12.7. The molecule has 0 radical (unpaired) electrons. The van der Waals surface area contributed by atoms with E-state index in [2.05, 4.69) is 52.5 Å². The first kappa shape index (κ1) is 18.9. The zero-order valence-corrected chi connectivity index (χ0v) is 16.6. The van der Waals surface area contributed by atoms with E-state index < -0.39 is 0 Å². The van der Waals surface area contributed by atoms with Gasteiger partial charge < -0.3 is 9.47 Å². The van der Waals surface area contributed by atoms with E-state index in [0.717, 1.165) is 30.0 Å². The number of hydrogen-bond acceptors (Lipinski definition) is 1. The SMILES string of the molecule is CCN(CC)C(=O)Cn1c(C)c(/C=C/c2cccc[n+]2C)c2ccccc21. The molecule has 0 saturated carbocycles. The van der Waals surface area contributed by atoms with Gasteiger partial charge in [0, 0.05) is 53.5 Å². The lowest BCUT2D eigenvalue weighted by Crippen LogP contribution is -2.33. The molecule has 3 aromatic rings. The molecule has 0 fully saturated rings.